The van der Waals surface area contributed by atoms with Crippen LogP contribution in [0.3, 0.4) is 0 Å². The van der Waals surface area contributed by atoms with Crippen molar-refractivity contribution in [1.29, 1.82) is 0 Å². The maximum absolute atomic E-state index is 11.1. The smallest absolute Gasteiger partial charge is 0.252 e. The first kappa shape index (κ1) is 8.26. The minimum Gasteiger partial charge on any atom is -0.357 e. The Bertz CT molecular complexity index is 310. The number of hydrogen-bond donors (Lipinski definition) is 1. The predicted molar refractivity (Wildman–Crippen MR) is 48.1 cm³/mol. The zero-order chi connectivity index (χ0) is 9.26. The Morgan fingerprint density at radius 2 is 2.08 bits per heavy atom. The Kier molecular flexibility index (Phi) is 2.02. The van der Waals surface area contributed by atoms with Crippen molar-refractivity contribution in [2.45, 2.75) is 12.2 Å². The zero-order valence-corrected chi connectivity index (χ0v) is 7.36. The van der Waals surface area contributed by atoms with Crippen molar-refractivity contribution in [2.24, 2.45) is 0 Å². The van der Waals surface area contributed by atoms with Gasteiger partial charge in [-0.15, -0.1) is 0 Å². The van der Waals surface area contributed by atoms with E-state index in [1.807, 2.05) is 30.3 Å². The maximum atomic E-state index is 11.1. The molecule has 3 heteroatoms. The Labute approximate surface area is 76.7 Å². The van der Waals surface area contributed by atoms with Gasteiger partial charge in [-0.25, -0.2) is 0 Å². The Morgan fingerprint density at radius 1 is 1.38 bits per heavy atom. The molecule has 0 unspecified atom stereocenters. The van der Waals surface area contributed by atoms with E-state index < -0.39 is 0 Å². The van der Waals surface area contributed by atoms with E-state index in [9.17, 15) is 4.79 Å². The lowest BCUT2D eigenvalue weighted by Crippen LogP contribution is -2.23. The molecule has 0 spiro atoms. The number of likely N-dealkylation sites (N-methyl/N-ethyl adjacent to an activating group) is 1. The molecule has 1 aromatic rings. The third-order valence-corrected chi connectivity index (χ3v) is 2.12. The fourth-order valence-corrected chi connectivity index (χ4v) is 1.35. The Hall–Kier alpha value is -1.35. The van der Waals surface area contributed by atoms with Crippen LogP contribution in [0.25, 0.3) is 0 Å². The van der Waals surface area contributed by atoms with Gasteiger partial charge in [-0.05, 0) is 5.56 Å². The van der Waals surface area contributed by atoms with Crippen LogP contribution in [-0.2, 0) is 9.53 Å². The van der Waals surface area contributed by atoms with E-state index in [4.69, 9.17) is 4.74 Å². The highest BCUT2D eigenvalue weighted by molar-refractivity contribution is 5.83. The molecular formula is C10H11NO2. The molecule has 0 saturated carbocycles. The fourth-order valence-electron chi connectivity index (χ4n) is 1.35. The summed E-state index contributed by atoms with van der Waals surface area (Å²) < 4.78 is 5.24. The molecule has 1 aromatic carbocycles. The van der Waals surface area contributed by atoms with E-state index in [1.165, 1.54) is 0 Å². The summed E-state index contributed by atoms with van der Waals surface area (Å²) >= 11 is 0. The van der Waals surface area contributed by atoms with E-state index in [0.717, 1.165) is 5.56 Å². The van der Waals surface area contributed by atoms with Crippen LogP contribution in [0.1, 0.15) is 11.7 Å². The second kappa shape index (κ2) is 3.18. The molecule has 68 valence electrons. The van der Waals surface area contributed by atoms with Crippen molar-refractivity contribution >= 4 is 5.91 Å². The van der Waals surface area contributed by atoms with Gasteiger partial charge >= 0.3 is 0 Å². The summed E-state index contributed by atoms with van der Waals surface area (Å²) in [5, 5.41) is 2.56. The molecule has 3 nitrogen and oxygen atoms in total. The molecule has 1 heterocycles. The highest BCUT2D eigenvalue weighted by Gasteiger charge is 2.45. The first-order chi connectivity index (χ1) is 6.33. The monoisotopic (exact) mass is 177 g/mol. The summed E-state index contributed by atoms with van der Waals surface area (Å²) in [5.74, 6) is -0.0474. The van der Waals surface area contributed by atoms with Gasteiger partial charge in [0.15, 0.2) is 6.10 Å². The number of nitrogens with one attached hydrogen (secondary N) is 1. The quantitative estimate of drug-likeness (QED) is 0.681. The molecule has 13 heavy (non-hydrogen) atoms. The lowest BCUT2D eigenvalue weighted by atomic mass is 10.1. The molecule has 1 fully saturated rings. The second-order valence-electron chi connectivity index (χ2n) is 3.00. The first-order valence-electron chi connectivity index (χ1n) is 4.25. The van der Waals surface area contributed by atoms with Gasteiger partial charge in [-0.2, -0.15) is 0 Å². The van der Waals surface area contributed by atoms with Crippen LogP contribution in [0.4, 0.5) is 0 Å². The lowest BCUT2D eigenvalue weighted by molar-refractivity contribution is -0.121. The molecule has 0 aromatic heterocycles. The van der Waals surface area contributed by atoms with Crippen LogP contribution >= 0.6 is 0 Å². The van der Waals surface area contributed by atoms with Crippen LogP contribution in [-0.4, -0.2) is 19.1 Å². The average Bonchev–Trinajstić information content (AvgIpc) is 2.98. The van der Waals surface area contributed by atoms with E-state index in [1.54, 1.807) is 7.05 Å². The number of rotatable bonds is 2. The summed E-state index contributed by atoms with van der Waals surface area (Å²) in [6, 6.07) is 9.76. The molecule has 2 rings (SSSR count). The van der Waals surface area contributed by atoms with E-state index in [0.29, 0.717) is 0 Å². The lowest BCUT2D eigenvalue weighted by Gasteiger charge is -1.94. The maximum Gasteiger partial charge on any atom is 0.252 e. The summed E-state index contributed by atoms with van der Waals surface area (Å²) in [5.41, 5.74) is 1.07. The summed E-state index contributed by atoms with van der Waals surface area (Å²) in [4.78, 5) is 11.1. The number of carbonyl (C=O) groups is 1. The van der Waals surface area contributed by atoms with E-state index in [-0.39, 0.29) is 18.1 Å². The van der Waals surface area contributed by atoms with Crippen molar-refractivity contribution in [3.8, 4) is 0 Å². The minimum absolute atomic E-state index is 0.0406. The molecule has 2 atom stereocenters. The Morgan fingerprint density at radius 3 is 2.69 bits per heavy atom. The molecule has 1 aliphatic heterocycles. The molecule has 1 amide bonds. The summed E-state index contributed by atoms with van der Waals surface area (Å²) in [7, 11) is 1.62. The zero-order valence-electron chi connectivity index (χ0n) is 7.36. The van der Waals surface area contributed by atoms with Gasteiger partial charge in [0, 0.05) is 7.05 Å². The van der Waals surface area contributed by atoms with Crippen molar-refractivity contribution in [3.63, 3.8) is 0 Å². The number of amides is 1. The fraction of sp³-hybridized carbons (Fsp3) is 0.300. The SMILES string of the molecule is CNC(=O)[C@@H]1O[C@H]1c1ccccc1. The number of carbonyl (C=O) groups excluding carboxylic acids is 1. The van der Waals surface area contributed by atoms with E-state index >= 15 is 0 Å². The second-order valence-corrected chi connectivity index (χ2v) is 3.00. The van der Waals surface area contributed by atoms with Gasteiger partial charge in [0.1, 0.15) is 6.10 Å². The summed E-state index contributed by atoms with van der Waals surface area (Å²) in [6.07, 6.45) is -0.325. The van der Waals surface area contributed by atoms with Gasteiger partial charge in [-0.3, -0.25) is 4.79 Å². The van der Waals surface area contributed by atoms with Crippen LogP contribution in [0.2, 0.25) is 0 Å². The molecule has 0 bridgehead atoms. The number of ether oxygens (including phenoxy) is 1. The standard InChI is InChI=1S/C10H11NO2/c1-11-10(12)9-8(13-9)7-5-3-2-4-6-7/h2-6,8-9H,1H3,(H,11,12)/t8-,9+/m0/s1. The highest BCUT2D eigenvalue weighted by Crippen LogP contribution is 2.38. The predicted octanol–water partition coefficient (Wildman–Crippen LogP) is 0.872. The molecule has 0 radical (unpaired) electrons. The molecule has 1 saturated heterocycles. The van der Waals surface area contributed by atoms with Crippen molar-refractivity contribution in [3.05, 3.63) is 35.9 Å². The van der Waals surface area contributed by atoms with Gasteiger partial charge in [0.05, 0.1) is 0 Å². The van der Waals surface area contributed by atoms with Gasteiger partial charge in [0.25, 0.3) is 5.91 Å². The molecular weight excluding hydrogens is 166 g/mol. The Balaban J connectivity index is 2.04. The first-order valence-corrected chi connectivity index (χ1v) is 4.25. The van der Waals surface area contributed by atoms with Crippen molar-refractivity contribution in [2.75, 3.05) is 7.05 Å². The molecule has 1 N–H and O–H groups in total. The normalized spacial score (nSPS) is 25.3. The van der Waals surface area contributed by atoms with Gasteiger partial charge < -0.3 is 10.1 Å². The topological polar surface area (TPSA) is 41.6 Å². The molecule has 1 aliphatic rings. The average molecular weight is 177 g/mol. The van der Waals surface area contributed by atoms with E-state index in [2.05, 4.69) is 5.32 Å². The molecule has 0 aliphatic carbocycles. The highest BCUT2D eigenvalue weighted by atomic mass is 16.6. The van der Waals surface area contributed by atoms with Gasteiger partial charge in [0.2, 0.25) is 0 Å². The van der Waals surface area contributed by atoms with Gasteiger partial charge in [-0.1, -0.05) is 30.3 Å². The third-order valence-electron chi connectivity index (χ3n) is 2.12. The number of hydrogen-bond acceptors (Lipinski definition) is 2. The number of benzene rings is 1. The van der Waals surface area contributed by atoms with Crippen molar-refractivity contribution in [1.82, 2.24) is 5.32 Å². The van der Waals surface area contributed by atoms with Crippen molar-refractivity contribution < 1.29 is 9.53 Å². The largest absolute Gasteiger partial charge is 0.357 e. The van der Waals surface area contributed by atoms with Crippen LogP contribution in [0.5, 0.6) is 0 Å². The third kappa shape index (κ3) is 1.55. The van der Waals surface area contributed by atoms with Crippen LogP contribution < -0.4 is 5.32 Å². The summed E-state index contributed by atoms with van der Waals surface area (Å²) in [6.45, 7) is 0. The minimum atomic E-state index is -0.285. The number of epoxide rings is 1. The van der Waals surface area contributed by atoms with Crippen LogP contribution in [0.15, 0.2) is 30.3 Å². The van der Waals surface area contributed by atoms with Crippen LogP contribution in [0, 0.1) is 0 Å².